The fourth-order valence-corrected chi connectivity index (χ4v) is 11.0. The van der Waals surface area contributed by atoms with Crippen LogP contribution in [0.25, 0.3) is 0 Å². The Morgan fingerprint density at radius 3 is 1.02 bits per heavy atom. The molecule has 0 radical (unpaired) electrons. The van der Waals surface area contributed by atoms with Crippen LogP contribution in [0.5, 0.6) is 51.7 Å². The number of hydrogen-bond acceptors (Lipinski definition) is 14. The first kappa shape index (κ1) is 46.1. The molecule has 0 bridgehead atoms. The van der Waals surface area contributed by atoms with E-state index < -0.39 is 25.5 Å². The summed E-state index contributed by atoms with van der Waals surface area (Å²) in [6, 6.07) is 26.0. The lowest BCUT2D eigenvalue weighted by Gasteiger charge is -2.30. The summed E-state index contributed by atoms with van der Waals surface area (Å²) in [6.45, 7) is 9.35. The van der Waals surface area contributed by atoms with Gasteiger partial charge in [-0.2, -0.15) is 0 Å². The van der Waals surface area contributed by atoms with E-state index >= 15 is 0 Å². The summed E-state index contributed by atoms with van der Waals surface area (Å²) in [4.78, 5) is 51.2. The van der Waals surface area contributed by atoms with Crippen molar-refractivity contribution < 1.29 is 65.0 Å². The van der Waals surface area contributed by atoms with Crippen molar-refractivity contribution in [2.75, 3.05) is 28.4 Å². The van der Waals surface area contributed by atoms with Crippen LogP contribution >= 0.6 is 17.2 Å². The third kappa shape index (κ3) is 11.6. The molecule has 0 aromatic heterocycles. The van der Waals surface area contributed by atoms with Gasteiger partial charge in [0.2, 0.25) is 8.32 Å². The van der Waals surface area contributed by atoms with Crippen LogP contribution in [0, 0.1) is 0 Å². The zero-order valence-corrected chi connectivity index (χ0v) is 38.1. The molecule has 61 heavy (non-hydrogen) atoms. The first-order valence-corrected chi connectivity index (χ1v) is 23.7. The summed E-state index contributed by atoms with van der Waals surface area (Å²) in [5.41, 5.74) is 0.945. The number of benzene rings is 5. The van der Waals surface area contributed by atoms with E-state index in [4.69, 9.17) is 45.8 Å². The van der Waals surface area contributed by atoms with E-state index in [1.807, 2.05) is 13.1 Å². The van der Waals surface area contributed by atoms with Crippen molar-refractivity contribution in [3.8, 4) is 51.7 Å². The maximum absolute atomic E-state index is 12.8. The molecule has 0 fully saturated rings. The minimum absolute atomic E-state index is 0.111. The molecule has 17 heteroatoms. The number of carbonyl (C=O) groups excluding carboxylic acids is 4. The van der Waals surface area contributed by atoms with Gasteiger partial charge in [-0.15, -0.1) is 0 Å². The van der Waals surface area contributed by atoms with Crippen LogP contribution < -0.4 is 46.8 Å². The second-order valence-electron chi connectivity index (χ2n) is 13.7. The summed E-state index contributed by atoms with van der Waals surface area (Å²) in [7, 11) is -2.34. The molecule has 0 atom stereocenters. The molecule has 0 unspecified atom stereocenters. The molecular weight excluding hydrogens is 843 g/mol. The molecule has 0 N–H and O–H groups in total. The minimum Gasteiger partial charge on any atom is -0.497 e. The molecule has 0 aliphatic carbocycles. The van der Waals surface area contributed by atoms with Gasteiger partial charge in [0.1, 0.15) is 51.7 Å². The number of carbonyl (C=O) groups is 4. The first-order chi connectivity index (χ1) is 29.1. The Labute approximate surface area is 358 Å². The molecule has 0 saturated carbocycles. The standard InChI is InChI=1S/C44H46O14P2Si/c1-27(45)35-19-15-31(49-5)23-40(35)54-59(55-41-24-32(50-6)16-20-36(41)28(2)46)53-39-13-11-12-14-44(39)61(9,10)58-60(56-42-25-33(51-7)17-21-37(42)29(3)47)57-43-26-34(52-8)18-22-38(43)30(4)48/h11-26H,1-10H3. The highest BCUT2D eigenvalue weighted by Crippen LogP contribution is 2.49. The van der Waals surface area contributed by atoms with Crippen molar-refractivity contribution in [1.29, 1.82) is 0 Å². The third-order valence-corrected chi connectivity index (χ3v) is 14.8. The molecule has 320 valence electrons. The van der Waals surface area contributed by atoms with E-state index in [0.29, 0.717) is 28.2 Å². The topological polar surface area (TPSA) is 161 Å². The quantitative estimate of drug-likeness (QED) is 0.0389. The molecule has 5 aromatic rings. The predicted molar refractivity (Wildman–Crippen MR) is 234 cm³/mol. The number of hydrogen-bond donors (Lipinski definition) is 0. The highest BCUT2D eigenvalue weighted by molar-refractivity contribution is 7.45. The predicted octanol–water partition coefficient (Wildman–Crippen LogP) is 10.1. The van der Waals surface area contributed by atoms with Crippen LogP contribution in [0.2, 0.25) is 13.1 Å². The van der Waals surface area contributed by atoms with Gasteiger partial charge in [-0.25, -0.2) is 0 Å². The summed E-state index contributed by atoms with van der Waals surface area (Å²) < 4.78 is 60.9. The molecule has 0 aliphatic heterocycles. The largest absolute Gasteiger partial charge is 0.530 e. The molecule has 5 aromatic carbocycles. The number of ketones is 4. The normalized spacial score (nSPS) is 11.1. The Morgan fingerprint density at radius 2 is 0.705 bits per heavy atom. The van der Waals surface area contributed by atoms with E-state index in [1.165, 1.54) is 68.3 Å². The first-order valence-electron chi connectivity index (χ1n) is 18.6. The van der Waals surface area contributed by atoms with Gasteiger partial charge >= 0.3 is 17.2 Å². The van der Waals surface area contributed by atoms with Crippen LogP contribution in [0.3, 0.4) is 0 Å². The minimum atomic E-state index is -3.29. The Hall–Kier alpha value is -5.98. The van der Waals surface area contributed by atoms with Gasteiger partial charge in [-0.1, -0.05) is 18.2 Å². The van der Waals surface area contributed by atoms with Crippen molar-refractivity contribution in [3.05, 3.63) is 119 Å². The zero-order chi connectivity index (χ0) is 44.4. The van der Waals surface area contributed by atoms with Crippen molar-refractivity contribution in [2.24, 2.45) is 0 Å². The lowest BCUT2D eigenvalue weighted by atomic mass is 10.1. The Balaban J connectivity index is 1.61. The molecular formula is C44H46O14P2Si. The smallest absolute Gasteiger partial charge is 0.497 e. The number of para-hydroxylation sites is 1. The number of rotatable bonds is 21. The number of methoxy groups -OCH3 is 4. The SMILES string of the molecule is COc1ccc(C(C)=O)c(OP(Oc2cc(OC)ccc2C(C)=O)Oc2ccccc2[Si](C)(C)OP(Oc2cc(OC)ccc2C(C)=O)Oc2cc(OC)ccc2C(C)=O)c1. The lowest BCUT2D eigenvalue weighted by Crippen LogP contribution is -2.44. The molecule has 0 aliphatic rings. The Kier molecular flexibility index (Phi) is 15.5. The van der Waals surface area contributed by atoms with Crippen LogP contribution in [-0.2, 0) is 4.21 Å². The van der Waals surface area contributed by atoms with Gasteiger partial charge in [-0.3, -0.25) is 19.2 Å². The molecule has 0 amide bonds. The van der Waals surface area contributed by atoms with E-state index in [0.717, 1.165) is 0 Å². The number of Topliss-reactive ketones (excluding diaryl/α,β-unsaturated/α-hetero) is 4. The second kappa shape index (κ2) is 20.5. The Morgan fingerprint density at radius 1 is 0.410 bits per heavy atom. The van der Waals surface area contributed by atoms with Crippen LogP contribution in [0.4, 0.5) is 0 Å². The lowest BCUT2D eigenvalue weighted by molar-refractivity contribution is 0.100. The number of ether oxygens (including phenoxy) is 4. The van der Waals surface area contributed by atoms with Crippen molar-refractivity contribution >= 4 is 53.8 Å². The van der Waals surface area contributed by atoms with E-state index in [9.17, 15) is 19.2 Å². The van der Waals surface area contributed by atoms with Crippen molar-refractivity contribution in [1.82, 2.24) is 0 Å². The van der Waals surface area contributed by atoms with Gasteiger partial charge in [0.15, 0.2) is 23.1 Å². The molecule has 0 heterocycles. The Bertz CT molecular complexity index is 2290. The fraction of sp³-hybridized carbons (Fsp3) is 0.227. The van der Waals surface area contributed by atoms with E-state index in [2.05, 4.69) is 0 Å². The molecule has 5 rings (SSSR count). The fourth-order valence-electron chi connectivity index (χ4n) is 5.78. The summed E-state index contributed by atoms with van der Waals surface area (Å²) in [6.07, 6.45) is 0. The maximum atomic E-state index is 12.8. The molecule has 14 nitrogen and oxygen atoms in total. The zero-order valence-electron chi connectivity index (χ0n) is 35.3. The van der Waals surface area contributed by atoms with Crippen LogP contribution in [-0.4, -0.2) is 59.9 Å². The highest BCUT2D eigenvalue weighted by atomic mass is 31.2. The second-order valence-corrected chi connectivity index (χ2v) is 19.8. The average molecular weight is 889 g/mol. The van der Waals surface area contributed by atoms with Crippen molar-refractivity contribution in [2.45, 2.75) is 40.8 Å². The highest BCUT2D eigenvalue weighted by Gasteiger charge is 2.38. The molecule has 0 spiro atoms. The monoisotopic (exact) mass is 888 g/mol. The van der Waals surface area contributed by atoms with Gasteiger partial charge in [0, 0.05) is 29.5 Å². The van der Waals surface area contributed by atoms with Gasteiger partial charge in [-0.05, 0) is 95.4 Å². The summed E-state index contributed by atoms with van der Waals surface area (Å²) in [5, 5.41) is 0.583. The van der Waals surface area contributed by atoms with E-state index in [-0.39, 0.29) is 74.1 Å². The van der Waals surface area contributed by atoms with E-state index in [1.54, 1.807) is 84.9 Å². The van der Waals surface area contributed by atoms with Gasteiger partial charge in [0.05, 0.1) is 50.7 Å². The summed E-state index contributed by atoms with van der Waals surface area (Å²) >= 11 is 0. The van der Waals surface area contributed by atoms with Crippen LogP contribution in [0.15, 0.2) is 97.1 Å². The van der Waals surface area contributed by atoms with Crippen LogP contribution in [0.1, 0.15) is 69.1 Å². The third-order valence-electron chi connectivity index (χ3n) is 8.98. The van der Waals surface area contributed by atoms with Gasteiger partial charge in [0.25, 0.3) is 0 Å². The molecule has 0 saturated heterocycles. The average Bonchev–Trinajstić information content (AvgIpc) is 3.22. The maximum Gasteiger partial charge on any atom is 0.530 e. The van der Waals surface area contributed by atoms with Gasteiger partial charge < -0.3 is 45.8 Å². The van der Waals surface area contributed by atoms with Crippen molar-refractivity contribution in [3.63, 3.8) is 0 Å². The summed E-state index contributed by atoms with van der Waals surface area (Å²) in [5.74, 6) is 1.25.